The van der Waals surface area contributed by atoms with Crippen LogP contribution in [0.3, 0.4) is 0 Å². The molecule has 124 valence electrons. The zero-order chi connectivity index (χ0) is 16.2. The van der Waals surface area contributed by atoms with Crippen molar-refractivity contribution in [2.75, 3.05) is 38.3 Å². The number of piperidine rings is 1. The monoisotopic (exact) mass is 335 g/mol. The first-order chi connectivity index (χ1) is 11.2. The van der Waals surface area contributed by atoms with Gasteiger partial charge in [-0.05, 0) is 31.0 Å². The van der Waals surface area contributed by atoms with E-state index in [1.165, 1.54) is 0 Å². The molecule has 2 aromatic rings. The van der Waals surface area contributed by atoms with Crippen molar-refractivity contribution in [2.24, 2.45) is 0 Å². The Morgan fingerprint density at radius 3 is 2.87 bits per heavy atom. The van der Waals surface area contributed by atoms with E-state index in [9.17, 15) is 0 Å². The van der Waals surface area contributed by atoms with Crippen LogP contribution in [0.2, 0.25) is 5.02 Å². The van der Waals surface area contributed by atoms with Crippen molar-refractivity contribution in [3.05, 3.63) is 29.4 Å². The van der Waals surface area contributed by atoms with Gasteiger partial charge in [0.2, 0.25) is 0 Å². The van der Waals surface area contributed by atoms with Crippen LogP contribution in [0.1, 0.15) is 12.8 Å². The van der Waals surface area contributed by atoms with E-state index < -0.39 is 0 Å². The fraction of sp³-hybridized carbons (Fsp3) is 0.471. The number of ether oxygens (including phenoxy) is 1. The van der Waals surface area contributed by atoms with Crippen molar-refractivity contribution >= 4 is 28.2 Å². The van der Waals surface area contributed by atoms with Crippen LogP contribution in [0.4, 0.5) is 5.69 Å². The number of aliphatic hydroxyl groups is 1. The van der Waals surface area contributed by atoms with E-state index >= 15 is 0 Å². The summed E-state index contributed by atoms with van der Waals surface area (Å²) in [5.74, 6) is 0.808. The Morgan fingerprint density at radius 1 is 1.39 bits per heavy atom. The molecule has 0 unspecified atom stereocenters. The minimum atomic E-state index is 0.181. The predicted molar refractivity (Wildman–Crippen MR) is 93.6 cm³/mol. The van der Waals surface area contributed by atoms with Crippen LogP contribution in [-0.4, -0.2) is 49.5 Å². The average Bonchev–Trinajstić information content (AvgIpc) is 2.60. The van der Waals surface area contributed by atoms with Crippen LogP contribution in [0, 0.1) is 0 Å². The van der Waals surface area contributed by atoms with Gasteiger partial charge in [-0.3, -0.25) is 4.98 Å². The Labute approximate surface area is 141 Å². The third-order valence-electron chi connectivity index (χ3n) is 4.36. The molecule has 0 atom stereocenters. The Hall–Kier alpha value is -1.56. The standard InChI is InChI=1S/C17H22ClN3O2/c1-23-13-2-3-16-14(10-13)17(15(18)11-20-16)21-7-4-12(5-8-21)19-6-9-22/h2-3,10-12,19,22H,4-9H2,1H3. The number of aliphatic hydroxyl groups excluding tert-OH is 1. The van der Waals surface area contributed by atoms with Gasteiger partial charge in [0.15, 0.2) is 0 Å². The number of fused-ring (bicyclic) bond motifs is 1. The fourth-order valence-electron chi connectivity index (χ4n) is 3.16. The lowest BCUT2D eigenvalue weighted by Crippen LogP contribution is -2.43. The minimum absolute atomic E-state index is 0.181. The zero-order valence-corrected chi connectivity index (χ0v) is 14.0. The first-order valence-electron chi connectivity index (χ1n) is 7.94. The molecule has 0 spiro atoms. The van der Waals surface area contributed by atoms with Crippen LogP contribution in [0.15, 0.2) is 24.4 Å². The quantitative estimate of drug-likeness (QED) is 0.879. The van der Waals surface area contributed by atoms with Gasteiger partial charge in [0.1, 0.15) is 5.75 Å². The number of rotatable bonds is 5. The zero-order valence-electron chi connectivity index (χ0n) is 13.3. The van der Waals surface area contributed by atoms with E-state index in [1.807, 2.05) is 18.2 Å². The minimum Gasteiger partial charge on any atom is -0.497 e. The number of hydrogen-bond acceptors (Lipinski definition) is 5. The van der Waals surface area contributed by atoms with Crippen LogP contribution in [0.5, 0.6) is 5.75 Å². The summed E-state index contributed by atoms with van der Waals surface area (Å²) in [6, 6.07) is 6.33. The molecule has 0 bridgehead atoms. The summed E-state index contributed by atoms with van der Waals surface area (Å²) in [4.78, 5) is 6.74. The Bertz CT molecular complexity index is 672. The van der Waals surface area contributed by atoms with Crippen molar-refractivity contribution in [2.45, 2.75) is 18.9 Å². The molecule has 0 saturated carbocycles. The molecule has 1 aromatic heterocycles. The normalized spacial score (nSPS) is 16.0. The fourth-order valence-corrected chi connectivity index (χ4v) is 3.43. The topological polar surface area (TPSA) is 57.6 Å². The van der Waals surface area contributed by atoms with Gasteiger partial charge >= 0.3 is 0 Å². The third kappa shape index (κ3) is 3.52. The number of methoxy groups -OCH3 is 1. The van der Waals surface area contributed by atoms with E-state index in [4.69, 9.17) is 21.4 Å². The van der Waals surface area contributed by atoms with Gasteiger partial charge in [-0.25, -0.2) is 0 Å². The molecule has 0 amide bonds. The summed E-state index contributed by atoms with van der Waals surface area (Å²) in [6.07, 6.45) is 3.79. The molecule has 0 radical (unpaired) electrons. The molecule has 3 rings (SSSR count). The van der Waals surface area contributed by atoms with Crippen LogP contribution >= 0.6 is 11.6 Å². The number of aromatic nitrogens is 1. The molecule has 1 aliphatic rings. The van der Waals surface area contributed by atoms with Gasteiger partial charge in [0.25, 0.3) is 0 Å². The summed E-state index contributed by atoms with van der Waals surface area (Å²) < 4.78 is 5.34. The SMILES string of the molecule is COc1ccc2ncc(Cl)c(N3CCC(NCCO)CC3)c2c1. The average molecular weight is 336 g/mol. The number of benzene rings is 1. The lowest BCUT2D eigenvalue weighted by Gasteiger charge is -2.35. The highest BCUT2D eigenvalue weighted by Crippen LogP contribution is 2.36. The highest BCUT2D eigenvalue weighted by Gasteiger charge is 2.22. The van der Waals surface area contributed by atoms with Gasteiger partial charge in [-0.1, -0.05) is 11.6 Å². The van der Waals surface area contributed by atoms with E-state index in [0.717, 1.165) is 48.3 Å². The molecule has 5 nitrogen and oxygen atoms in total. The highest BCUT2D eigenvalue weighted by molar-refractivity contribution is 6.34. The molecule has 1 fully saturated rings. The Morgan fingerprint density at radius 2 is 2.17 bits per heavy atom. The number of pyridine rings is 1. The number of hydrogen-bond donors (Lipinski definition) is 2. The molecule has 2 N–H and O–H groups in total. The lowest BCUT2D eigenvalue weighted by atomic mass is 10.0. The van der Waals surface area contributed by atoms with Crippen molar-refractivity contribution < 1.29 is 9.84 Å². The first-order valence-corrected chi connectivity index (χ1v) is 8.32. The number of anilines is 1. The predicted octanol–water partition coefficient (Wildman–Crippen LogP) is 2.45. The maximum absolute atomic E-state index is 8.92. The maximum Gasteiger partial charge on any atom is 0.119 e. The van der Waals surface area contributed by atoms with Gasteiger partial charge in [-0.15, -0.1) is 0 Å². The van der Waals surface area contributed by atoms with Gasteiger partial charge in [0, 0.05) is 37.3 Å². The second kappa shape index (κ2) is 7.34. The van der Waals surface area contributed by atoms with Gasteiger partial charge < -0.3 is 20.1 Å². The largest absolute Gasteiger partial charge is 0.497 e. The summed E-state index contributed by atoms with van der Waals surface area (Å²) in [6.45, 7) is 2.69. The van der Waals surface area contributed by atoms with Crippen molar-refractivity contribution in [1.82, 2.24) is 10.3 Å². The first kappa shape index (κ1) is 16.3. The summed E-state index contributed by atoms with van der Waals surface area (Å²) in [5, 5.41) is 14.0. The Kier molecular flexibility index (Phi) is 5.20. The molecule has 1 saturated heterocycles. The smallest absolute Gasteiger partial charge is 0.119 e. The second-order valence-corrected chi connectivity index (χ2v) is 6.18. The second-order valence-electron chi connectivity index (χ2n) is 5.78. The van der Waals surface area contributed by atoms with Crippen LogP contribution in [-0.2, 0) is 0 Å². The van der Waals surface area contributed by atoms with E-state index in [0.29, 0.717) is 17.6 Å². The Balaban J connectivity index is 1.86. The number of nitrogens with zero attached hydrogens (tertiary/aromatic N) is 2. The number of halogens is 1. The van der Waals surface area contributed by atoms with Crippen LogP contribution in [0.25, 0.3) is 10.9 Å². The summed E-state index contributed by atoms with van der Waals surface area (Å²) in [7, 11) is 1.66. The molecule has 1 aliphatic heterocycles. The number of nitrogens with one attached hydrogen (secondary N) is 1. The van der Waals surface area contributed by atoms with E-state index in [-0.39, 0.29) is 6.61 Å². The van der Waals surface area contributed by atoms with Crippen molar-refractivity contribution in [3.63, 3.8) is 0 Å². The van der Waals surface area contributed by atoms with Crippen LogP contribution < -0.4 is 15.0 Å². The molecule has 1 aromatic carbocycles. The van der Waals surface area contributed by atoms with Crippen molar-refractivity contribution in [1.29, 1.82) is 0 Å². The van der Waals surface area contributed by atoms with E-state index in [2.05, 4.69) is 15.2 Å². The van der Waals surface area contributed by atoms with Gasteiger partial charge in [-0.2, -0.15) is 0 Å². The molecule has 6 heteroatoms. The third-order valence-corrected chi connectivity index (χ3v) is 4.63. The van der Waals surface area contributed by atoms with E-state index in [1.54, 1.807) is 13.3 Å². The molecule has 2 heterocycles. The molecular formula is C17H22ClN3O2. The molecular weight excluding hydrogens is 314 g/mol. The molecule has 23 heavy (non-hydrogen) atoms. The highest BCUT2D eigenvalue weighted by atomic mass is 35.5. The van der Waals surface area contributed by atoms with Crippen molar-refractivity contribution in [3.8, 4) is 5.75 Å². The maximum atomic E-state index is 8.92. The summed E-state index contributed by atoms with van der Waals surface area (Å²) in [5.41, 5.74) is 1.96. The van der Waals surface area contributed by atoms with Gasteiger partial charge in [0.05, 0.1) is 29.9 Å². The summed E-state index contributed by atoms with van der Waals surface area (Å²) >= 11 is 6.46. The molecule has 0 aliphatic carbocycles. The lowest BCUT2D eigenvalue weighted by molar-refractivity contribution is 0.277.